The second-order valence-electron chi connectivity index (χ2n) is 8.09. The molecule has 0 aromatic carbocycles. The number of rotatable bonds is 2. The predicted octanol–water partition coefficient (Wildman–Crippen LogP) is 3.01. The van der Waals surface area contributed by atoms with Gasteiger partial charge in [0.05, 0.1) is 0 Å². The van der Waals surface area contributed by atoms with Crippen molar-refractivity contribution in [1.29, 1.82) is 0 Å². The van der Waals surface area contributed by atoms with Gasteiger partial charge in [-0.1, -0.05) is 65.1 Å². The zero-order valence-corrected chi connectivity index (χ0v) is 17.3. The van der Waals surface area contributed by atoms with E-state index in [4.69, 9.17) is 5.73 Å². The normalized spacial score (nSPS) is 25.0. The summed E-state index contributed by atoms with van der Waals surface area (Å²) in [7, 11) is 3.75. The molecule has 0 saturated heterocycles. The second-order valence-corrected chi connectivity index (χ2v) is 10.2. The van der Waals surface area contributed by atoms with Gasteiger partial charge in [-0.25, -0.2) is 4.79 Å². The number of amides is 2. The van der Waals surface area contributed by atoms with Crippen LogP contribution < -0.4 is 5.73 Å². The Bertz CT molecular complexity index is 533. The Morgan fingerprint density at radius 2 is 1.29 bits per heavy atom. The Hall–Kier alpha value is -1.09. The zero-order chi connectivity index (χ0) is 18.4. The van der Waals surface area contributed by atoms with Crippen LogP contribution in [-0.2, 0) is 0 Å². The molecule has 0 spiro atoms. The van der Waals surface area contributed by atoms with Crippen LogP contribution in [0.1, 0.15) is 41.5 Å². The van der Waals surface area contributed by atoms with E-state index >= 15 is 0 Å². The number of hydrazone groups is 2. The number of hydrogen-bond donors (Lipinski definition) is 1. The van der Waals surface area contributed by atoms with Crippen molar-refractivity contribution < 1.29 is 4.79 Å². The van der Waals surface area contributed by atoms with Gasteiger partial charge in [0.25, 0.3) is 0 Å². The summed E-state index contributed by atoms with van der Waals surface area (Å²) in [6.45, 7) is 12.7. The van der Waals surface area contributed by atoms with Gasteiger partial charge in [-0.2, -0.15) is 10.2 Å². The van der Waals surface area contributed by atoms with Crippen molar-refractivity contribution in [2.75, 3.05) is 14.1 Å². The summed E-state index contributed by atoms with van der Waals surface area (Å²) in [4.78, 5) is 13.9. The van der Waals surface area contributed by atoms with Gasteiger partial charge >= 0.3 is 6.03 Å². The number of carbonyl (C=O) groups is 1. The maximum Gasteiger partial charge on any atom is 0.319 e. The van der Waals surface area contributed by atoms with Crippen molar-refractivity contribution in [3.05, 3.63) is 0 Å². The number of nitrogens with zero attached hydrogens (tertiary/aromatic N) is 5. The number of primary amides is 1. The van der Waals surface area contributed by atoms with Gasteiger partial charge in [-0.15, -0.1) is 0 Å². The first-order valence-corrected chi connectivity index (χ1v) is 9.63. The van der Waals surface area contributed by atoms with Crippen LogP contribution in [0.3, 0.4) is 0 Å². The molecule has 2 atom stereocenters. The minimum Gasteiger partial charge on any atom is -0.351 e. The van der Waals surface area contributed by atoms with Crippen molar-refractivity contribution in [2.45, 2.75) is 52.5 Å². The molecule has 0 aromatic heterocycles. The second kappa shape index (κ2) is 6.33. The highest BCUT2D eigenvalue weighted by Gasteiger charge is 2.44. The summed E-state index contributed by atoms with van der Waals surface area (Å²) in [5.41, 5.74) is 5.05. The molecule has 9 heteroatoms. The average Bonchev–Trinajstić information content (AvgIpc) is 2.94. The van der Waals surface area contributed by atoms with Gasteiger partial charge in [-0.05, 0) is 0 Å². The van der Waals surface area contributed by atoms with Crippen molar-refractivity contribution in [3.8, 4) is 0 Å². The topological polar surface area (TPSA) is 77.5 Å². The van der Waals surface area contributed by atoms with Gasteiger partial charge in [0, 0.05) is 24.9 Å². The molecule has 2 heterocycles. The Kier molecular flexibility index (Phi) is 5.07. The van der Waals surface area contributed by atoms with Crippen LogP contribution >= 0.6 is 23.5 Å². The fourth-order valence-electron chi connectivity index (χ4n) is 2.24. The Morgan fingerprint density at radius 1 is 0.958 bits per heavy atom. The van der Waals surface area contributed by atoms with E-state index in [1.165, 1.54) is 0 Å². The highest BCUT2D eigenvalue weighted by Crippen LogP contribution is 2.42. The molecule has 0 aromatic rings. The number of hydrogen-bond acceptors (Lipinski definition) is 7. The lowest BCUT2D eigenvalue weighted by atomic mass is 9.99. The van der Waals surface area contributed by atoms with Crippen LogP contribution in [0.2, 0.25) is 0 Å². The maximum atomic E-state index is 12.2. The summed E-state index contributed by atoms with van der Waals surface area (Å²) in [5, 5.41) is 14.8. The van der Waals surface area contributed by atoms with E-state index in [0.29, 0.717) is 0 Å². The molecule has 24 heavy (non-hydrogen) atoms. The lowest BCUT2D eigenvalue weighted by molar-refractivity contribution is 0.0914. The largest absolute Gasteiger partial charge is 0.351 e. The quantitative estimate of drug-likeness (QED) is 0.806. The SMILES string of the molecule is CN1N=C(C(C)(C)C)SC1N(C(N)=O)C1SC(C(C)(C)C)=NN1C. The predicted molar refractivity (Wildman–Crippen MR) is 103 cm³/mol. The zero-order valence-electron chi connectivity index (χ0n) is 15.7. The molecule has 0 saturated carbocycles. The molecule has 7 nitrogen and oxygen atoms in total. The van der Waals surface area contributed by atoms with Crippen molar-refractivity contribution in [1.82, 2.24) is 14.9 Å². The highest BCUT2D eigenvalue weighted by molar-refractivity contribution is 8.15. The van der Waals surface area contributed by atoms with Crippen LogP contribution in [0.15, 0.2) is 10.2 Å². The van der Waals surface area contributed by atoms with Crippen LogP contribution in [0.5, 0.6) is 0 Å². The number of thioether (sulfide) groups is 2. The molecular formula is C15H28N6OS2. The highest BCUT2D eigenvalue weighted by atomic mass is 32.2. The summed E-state index contributed by atoms with van der Waals surface area (Å²) in [6.07, 6.45) is 0. The maximum absolute atomic E-state index is 12.2. The summed E-state index contributed by atoms with van der Waals surface area (Å²) in [6, 6.07) is -0.473. The third kappa shape index (κ3) is 3.77. The monoisotopic (exact) mass is 372 g/mol. The van der Waals surface area contributed by atoms with Gasteiger partial charge in [0.2, 0.25) is 0 Å². The Morgan fingerprint density at radius 3 is 1.50 bits per heavy atom. The molecule has 2 aliphatic heterocycles. The molecule has 0 aliphatic carbocycles. The molecule has 0 bridgehead atoms. The van der Waals surface area contributed by atoms with Crippen molar-refractivity contribution >= 4 is 39.6 Å². The van der Waals surface area contributed by atoms with E-state index in [1.54, 1.807) is 38.4 Å². The molecule has 2 N–H and O–H groups in total. The lowest BCUT2D eigenvalue weighted by Crippen LogP contribution is -2.54. The fourth-order valence-corrected chi connectivity index (χ4v) is 4.84. The smallest absolute Gasteiger partial charge is 0.319 e. The molecule has 2 aliphatic rings. The van der Waals surface area contributed by atoms with Crippen LogP contribution in [0, 0.1) is 10.8 Å². The van der Waals surface area contributed by atoms with Gasteiger partial charge in [0.1, 0.15) is 10.1 Å². The van der Waals surface area contributed by atoms with Crippen LogP contribution in [0.4, 0.5) is 4.79 Å². The minimum absolute atomic E-state index is 0.0707. The van der Waals surface area contributed by atoms with Gasteiger partial charge < -0.3 is 5.73 Å². The van der Waals surface area contributed by atoms with E-state index in [-0.39, 0.29) is 21.8 Å². The first kappa shape index (κ1) is 19.2. The van der Waals surface area contributed by atoms with Gasteiger partial charge in [-0.3, -0.25) is 14.9 Å². The van der Waals surface area contributed by atoms with E-state index in [1.807, 2.05) is 14.1 Å². The number of carbonyl (C=O) groups excluding carboxylic acids is 1. The number of nitrogens with two attached hydrogens (primary N) is 1. The Balaban J connectivity index is 2.23. The molecule has 2 unspecified atom stereocenters. The molecule has 2 rings (SSSR count). The van der Waals surface area contributed by atoms with Crippen molar-refractivity contribution in [3.63, 3.8) is 0 Å². The first-order chi connectivity index (χ1) is 10.8. The molecular weight excluding hydrogens is 344 g/mol. The van der Waals surface area contributed by atoms with E-state index in [9.17, 15) is 4.79 Å². The van der Waals surface area contributed by atoms with E-state index < -0.39 is 6.03 Å². The third-order valence-corrected chi connectivity index (χ3v) is 6.90. The third-order valence-electron chi connectivity index (χ3n) is 3.58. The number of urea groups is 1. The fraction of sp³-hybridized carbons (Fsp3) is 0.800. The molecule has 0 fully saturated rings. The molecule has 136 valence electrons. The average molecular weight is 373 g/mol. The first-order valence-electron chi connectivity index (χ1n) is 7.87. The van der Waals surface area contributed by atoms with E-state index in [2.05, 4.69) is 51.7 Å². The minimum atomic E-state index is -0.473. The summed E-state index contributed by atoms with van der Waals surface area (Å²) < 4.78 is 0. The molecule has 0 radical (unpaired) electrons. The summed E-state index contributed by atoms with van der Waals surface area (Å²) >= 11 is 3.14. The van der Waals surface area contributed by atoms with Crippen LogP contribution in [-0.4, -0.2) is 56.1 Å². The standard InChI is InChI=1S/C15H28N6OS2/c1-14(2,3)9-17-19(7)12(23-9)21(11(16)22)13-20(8)18-10(24-13)15(4,5)6/h12-13H,1-8H3,(H2,16,22). The van der Waals surface area contributed by atoms with Gasteiger partial charge in [0.15, 0.2) is 11.0 Å². The lowest BCUT2D eigenvalue weighted by Gasteiger charge is -2.36. The van der Waals surface area contributed by atoms with Crippen LogP contribution in [0.25, 0.3) is 0 Å². The summed E-state index contributed by atoms with van der Waals surface area (Å²) in [5.74, 6) is 0. The molecule has 2 amide bonds. The van der Waals surface area contributed by atoms with Crippen molar-refractivity contribution in [2.24, 2.45) is 26.8 Å². The van der Waals surface area contributed by atoms with E-state index in [0.717, 1.165) is 10.1 Å². The Labute approximate surface area is 153 Å².